The quantitative estimate of drug-likeness (QED) is 0.859. The maximum Gasteiger partial charge on any atom is 0.254 e. The standard InChI is InChI=1S/C20H30N2O2.ClH/c1-16-15-22(12-11-21-16)20(23)18-8-5-9-19(14-18)24-13-10-17-6-3-2-4-7-17;/h5,8-9,14,16-17,21H,2-4,6-7,10-13,15H2,1H3;1H. The highest BCUT2D eigenvalue weighted by atomic mass is 35.5. The van der Waals surface area contributed by atoms with Crippen LogP contribution in [0.5, 0.6) is 5.75 Å². The lowest BCUT2D eigenvalue weighted by Gasteiger charge is -2.32. The van der Waals surface area contributed by atoms with Crippen LogP contribution >= 0.6 is 12.4 Å². The molecule has 3 rings (SSSR count). The molecule has 140 valence electrons. The molecule has 1 aromatic carbocycles. The third-order valence-corrected chi connectivity index (χ3v) is 5.26. The molecule has 2 fully saturated rings. The molecule has 1 aromatic rings. The minimum absolute atomic E-state index is 0. The van der Waals surface area contributed by atoms with E-state index in [1.165, 1.54) is 32.1 Å². The fraction of sp³-hybridized carbons (Fsp3) is 0.650. The van der Waals surface area contributed by atoms with Crippen LogP contribution in [0.25, 0.3) is 0 Å². The summed E-state index contributed by atoms with van der Waals surface area (Å²) in [5, 5.41) is 3.37. The minimum Gasteiger partial charge on any atom is -0.494 e. The van der Waals surface area contributed by atoms with Crippen molar-refractivity contribution < 1.29 is 9.53 Å². The molecular formula is C20H31ClN2O2. The van der Waals surface area contributed by atoms with Crippen molar-refractivity contribution in [2.75, 3.05) is 26.2 Å². The molecule has 1 amide bonds. The van der Waals surface area contributed by atoms with Gasteiger partial charge in [0.25, 0.3) is 5.91 Å². The second kappa shape index (κ2) is 10.0. The van der Waals surface area contributed by atoms with Crippen LogP contribution in [0.2, 0.25) is 0 Å². The highest BCUT2D eigenvalue weighted by molar-refractivity contribution is 5.94. The van der Waals surface area contributed by atoms with E-state index in [1.807, 2.05) is 29.2 Å². The van der Waals surface area contributed by atoms with Crippen molar-refractivity contribution in [1.82, 2.24) is 10.2 Å². The van der Waals surface area contributed by atoms with Gasteiger partial charge in [-0.2, -0.15) is 0 Å². The Labute approximate surface area is 157 Å². The smallest absolute Gasteiger partial charge is 0.254 e. The van der Waals surface area contributed by atoms with Gasteiger partial charge in [-0.05, 0) is 37.5 Å². The zero-order chi connectivity index (χ0) is 16.8. The number of nitrogens with one attached hydrogen (secondary N) is 1. The number of amides is 1. The van der Waals surface area contributed by atoms with Gasteiger partial charge < -0.3 is 15.0 Å². The summed E-state index contributed by atoms with van der Waals surface area (Å²) in [5.74, 6) is 1.76. The van der Waals surface area contributed by atoms with Crippen LogP contribution in [0.4, 0.5) is 0 Å². The molecule has 0 bridgehead atoms. The zero-order valence-electron chi connectivity index (χ0n) is 15.2. The third-order valence-electron chi connectivity index (χ3n) is 5.26. The lowest BCUT2D eigenvalue weighted by Crippen LogP contribution is -2.51. The summed E-state index contributed by atoms with van der Waals surface area (Å²) < 4.78 is 5.92. The first-order chi connectivity index (χ1) is 11.7. The van der Waals surface area contributed by atoms with Gasteiger partial charge in [0.2, 0.25) is 0 Å². The van der Waals surface area contributed by atoms with E-state index in [0.717, 1.165) is 49.9 Å². The van der Waals surface area contributed by atoms with Gasteiger partial charge >= 0.3 is 0 Å². The van der Waals surface area contributed by atoms with Crippen molar-refractivity contribution in [2.24, 2.45) is 5.92 Å². The molecule has 1 saturated carbocycles. The predicted molar refractivity (Wildman–Crippen MR) is 104 cm³/mol. The Morgan fingerprint density at radius 3 is 2.84 bits per heavy atom. The number of carbonyl (C=O) groups excluding carboxylic acids is 1. The van der Waals surface area contributed by atoms with E-state index in [9.17, 15) is 4.79 Å². The first-order valence-electron chi connectivity index (χ1n) is 9.48. The van der Waals surface area contributed by atoms with E-state index >= 15 is 0 Å². The number of carbonyl (C=O) groups is 1. The molecule has 0 radical (unpaired) electrons. The van der Waals surface area contributed by atoms with Gasteiger partial charge in [-0.15, -0.1) is 12.4 Å². The second-order valence-corrected chi connectivity index (χ2v) is 7.28. The molecule has 1 saturated heterocycles. The van der Waals surface area contributed by atoms with E-state index in [1.54, 1.807) is 0 Å². The molecule has 1 atom stereocenters. The van der Waals surface area contributed by atoms with E-state index < -0.39 is 0 Å². The molecule has 1 heterocycles. The van der Waals surface area contributed by atoms with E-state index in [0.29, 0.717) is 6.04 Å². The summed E-state index contributed by atoms with van der Waals surface area (Å²) in [7, 11) is 0. The average molecular weight is 367 g/mol. The lowest BCUT2D eigenvalue weighted by molar-refractivity contribution is 0.0708. The Kier molecular flexibility index (Phi) is 8.04. The van der Waals surface area contributed by atoms with Crippen LogP contribution in [0.15, 0.2) is 24.3 Å². The van der Waals surface area contributed by atoms with Crippen LogP contribution in [-0.4, -0.2) is 43.1 Å². The molecule has 1 aliphatic heterocycles. The maximum atomic E-state index is 12.7. The molecular weight excluding hydrogens is 336 g/mol. The summed E-state index contributed by atoms with van der Waals surface area (Å²) in [4.78, 5) is 14.6. The van der Waals surface area contributed by atoms with E-state index in [4.69, 9.17) is 4.74 Å². The van der Waals surface area contributed by atoms with Crippen LogP contribution in [0.3, 0.4) is 0 Å². The number of benzene rings is 1. The van der Waals surface area contributed by atoms with Gasteiger partial charge in [0, 0.05) is 31.2 Å². The SMILES string of the molecule is CC1CN(C(=O)c2cccc(OCCC3CCCCC3)c2)CCN1.Cl. The highest BCUT2D eigenvalue weighted by Crippen LogP contribution is 2.26. The Balaban J connectivity index is 0.00000225. The Morgan fingerprint density at radius 1 is 1.28 bits per heavy atom. The molecule has 1 aliphatic carbocycles. The number of ether oxygens (including phenoxy) is 1. The molecule has 4 nitrogen and oxygen atoms in total. The van der Waals surface area contributed by atoms with Crippen molar-refractivity contribution in [1.29, 1.82) is 0 Å². The third kappa shape index (κ3) is 5.89. The zero-order valence-corrected chi connectivity index (χ0v) is 16.0. The molecule has 25 heavy (non-hydrogen) atoms. The van der Waals surface area contributed by atoms with Crippen LogP contribution in [-0.2, 0) is 0 Å². The largest absolute Gasteiger partial charge is 0.494 e. The monoisotopic (exact) mass is 366 g/mol. The number of hydrogen-bond acceptors (Lipinski definition) is 3. The van der Waals surface area contributed by atoms with Crippen LogP contribution in [0, 0.1) is 5.92 Å². The lowest BCUT2D eigenvalue weighted by atomic mass is 9.87. The molecule has 0 spiro atoms. The van der Waals surface area contributed by atoms with Gasteiger partial charge in [-0.3, -0.25) is 4.79 Å². The fourth-order valence-electron chi connectivity index (χ4n) is 3.84. The summed E-state index contributed by atoms with van der Waals surface area (Å²) in [6.07, 6.45) is 7.97. The van der Waals surface area contributed by atoms with Crippen molar-refractivity contribution >= 4 is 18.3 Å². The topological polar surface area (TPSA) is 41.6 Å². The summed E-state index contributed by atoms with van der Waals surface area (Å²) in [5.41, 5.74) is 0.735. The summed E-state index contributed by atoms with van der Waals surface area (Å²) in [6.45, 7) is 5.28. The van der Waals surface area contributed by atoms with Crippen molar-refractivity contribution in [3.05, 3.63) is 29.8 Å². The van der Waals surface area contributed by atoms with Crippen LogP contribution < -0.4 is 10.1 Å². The summed E-state index contributed by atoms with van der Waals surface area (Å²) in [6, 6.07) is 8.03. The first kappa shape index (κ1) is 20.1. The Bertz CT molecular complexity index is 546. The van der Waals surface area contributed by atoms with Gasteiger partial charge in [0.1, 0.15) is 5.75 Å². The van der Waals surface area contributed by atoms with E-state index in [-0.39, 0.29) is 18.3 Å². The molecule has 2 aliphatic rings. The van der Waals surface area contributed by atoms with Gasteiger partial charge in [0.15, 0.2) is 0 Å². The normalized spacial score (nSPS) is 21.5. The van der Waals surface area contributed by atoms with Crippen molar-refractivity contribution in [3.8, 4) is 5.75 Å². The van der Waals surface area contributed by atoms with Gasteiger partial charge in [-0.1, -0.05) is 38.2 Å². The van der Waals surface area contributed by atoms with Gasteiger partial charge in [0.05, 0.1) is 6.61 Å². The van der Waals surface area contributed by atoms with Crippen molar-refractivity contribution in [2.45, 2.75) is 51.5 Å². The number of nitrogens with zero attached hydrogens (tertiary/aromatic N) is 1. The Hall–Kier alpha value is -1.26. The number of piperazine rings is 1. The maximum absolute atomic E-state index is 12.7. The minimum atomic E-state index is 0. The number of hydrogen-bond donors (Lipinski definition) is 1. The predicted octanol–water partition coefficient (Wildman–Crippen LogP) is 3.89. The molecule has 1 unspecified atom stereocenters. The van der Waals surface area contributed by atoms with Crippen molar-refractivity contribution in [3.63, 3.8) is 0 Å². The molecule has 0 aromatic heterocycles. The number of rotatable bonds is 5. The van der Waals surface area contributed by atoms with Gasteiger partial charge in [-0.25, -0.2) is 0 Å². The van der Waals surface area contributed by atoms with Crippen LogP contribution in [0.1, 0.15) is 55.8 Å². The highest BCUT2D eigenvalue weighted by Gasteiger charge is 2.21. The van der Waals surface area contributed by atoms with E-state index in [2.05, 4.69) is 12.2 Å². The fourth-order valence-corrected chi connectivity index (χ4v) is 3.84. The summed E-state index contributed by atoms with van der Waals surface area (Å²) >= 11 is 0. The molecule has 1 N–H and O–H groups in total. The molecule has 5 heteroatoms. The Morgan fingerprint density at radius 2 is 2.08 bits per heavy atom. The average Bonchev–Trinajstić information content (AvgIpc) is 2.62. The second-order valence-electron chi connectivity index (χ2n) is 7.28. The number of halogens is 1. The first-order valence-corrected chi connectivity index (χ1v) is 9.48.